The molecule has 0 bridgehead atoms. The van der Waals surface area contributed by atoms with Gasteiger partial charge in [0.05, 0.1) is 4.90 Å². The third-order valence-electron chi connectivity index (χ3n) is 5.77. The number of rotatable bonds is 5. The Hall–Kier alpha value is -2.90. The van der Waals surface area contributed by atoms with E-state index >= 15 is 0 Å². The maximum absolute atomic E-state index is 13.0. The molecule has 0 saturated carbocycles. The zero-order chi connectivity index (χ0) is 22.0. The van der Waals surface area contributed by atoms with Gasteiger partial charge in [-0.2, -0.15) is 4.31 Å². The van der Waals surface area contributed by atoms with Crippen molar-refractivity contribution < 1.29 is 13.2 Å². The number of piperidine rings is 1. The summed E-state index contributed by atoms with van der Waals surface area (Å²) in [5, 5.41) is 3.05. The fourth-order valence-corrected chi connectivity index (χ4v) is 5.70. The highest BCUT2D eigenvalue weighted by atomic mass is 32.2. The van der Waals surface area contributed by atoms with E-state index in [1.807, 2.05) is 79.3 Å². The van der Waals surface area contributed by atoms with Gasteiger partial charge in [0, 0.05) is 42.8 Å². The van der Waals surface area contributed by atoms with Crippen LogP contribution >= 0.6 is 0 Å². The molecule has 4 rings (SSSR count). The Morgan fingerprint density at radius 3 is 2.23 bits per heavy atom. The molecule has 1 N–H and O–H groups in total. The van der Waals surface area contributed by atoms with Crippen LogP contribution in [0, 0.1) is 13.8 Å². The van der Waals surface area contributed by atoms with E-state index in [9.17, 15) is 13.2 Å². The number of aryl methyl sites for hydroxylation is 2. The number of nitrogens with one attached hydrogen (secondary N) is 1. The Kier molecular flexibility index (Phi) is 5.98. The molecule has 1 aromatic heterocycles. The lowest BCUT2D eigenvalue weighted by Crippen LogP contribution is -2.46. The number of nitrogens with zero attached hydrogens (tertiary/aromatic N) is 2. The lowest BCUT2D eigenvalue weighted by Gasteiger charge is -2.32. The SMILES string of the molecule is Cc1ccc(S(=O)(=O)N2CCC(NC(=O)c3ccc(-n4cccc4)cc3)CC2)c(C)c1. The Labute approximate surface area is 183 Å². The second-order valence-electron chi connectivity index (χ2n) is 8.06. The van der Waals surface area contributed by atoms with Gasteiger partial charge in [0.1, 0.15) is 0 Å². The first-order chi connectivity index (χ1) is 14.8. The van der Waals surface area contributed by atoms with E-state index in [1.165, 1.54) is 4.31 Å². The van der Waals surface area contributed by atoms with Gasteiger partial charge in [-0.1, -0.05) is 17.7 Å². The summed E-state index contributed by atoms with van der Waals surface area (Å²) in [7, 11) is -3.52. The fraction of sp³-hybridized carbons (Fsp3) is 0.292. The number of aromatic nitrogens is 1. The van der Waals surface area contributed by atoms with Gasteiger partial charge in [-0.3, -0.25) is 4.79 Å². The van der Waals surface area contributed by atoms with Crippen molar-refractivity contribution in [1.82, 2.24) is 14.2 Å². The minimum Gasteiger partial charge on any atom is -0.349 e. The largest absolute Gasteiger partial charge is 0.349 e. The van der Waals surface area contributed by atoms with Crippen LogP contribution in [0.25, 0.3) is 5.69 Å². The Bertz CT molecular complexity index is 1160. The Morgan fingerprint density at radius 2 is 1.61 bits per heavy atom. The zero-order valence-electron chi connectivity index (χ0n) is 17.8. The van der Waals surface area contributed by atoms with Crippen molar-refractivity contribution in [3.05, 3.63) is 83.7 Å². The summed E-state index contributed by atoms with van der Waals surface area (Å²) < 4.78 is 29.6. The first-order valence-electron chi connectivity index (χ1n) is 10.5. The summed E-state index contributed by atoms with van der Waals surface area (Å²) in [6.45, 7) is 4.57. The molecule has 2 aromatic carbocycles. The molecule has 2 heterocycles. The van der Waals surface area contributed by atoms with Crippen molar-refractivity contribution in [2.45, 2.75) is 37.6 Å². The van der Waals surface area contributed by atoms with Crippen LogP contribution < -0.4 is 5.32 Å². The number of sulfonamides is 1. The molecule has 162 valence electrons. The number of amides is 1. The van der Waals surface area contributed by atoms with Crippen LogP contribution in [-0.4, -0.2) is 42.3 Å². The third-order valence-corrected chi connectivity index (χ3v) is 7.83. The molecular weight excluding hydrogens is 410 g/mol. The molecule has 0 atom stereocenters. The molecule has 6 nitrogen and oxygen atoms in total. The monoisotopic (exact) mass is 437 g/mol. The van der Waals surface area contributed by atoms with Gasteiger partial charge < -0.3 is 9.88 Å². The Morgan fingerprint density at radius 1 is 0.968 bits per heavy atom. The molecule has 1 amide bonds. The molecule has 3 aromatic rings. The number of hydrogen-bond donors (Lipinski definition) is 1. The van der Waals surface area contributed by atoms with E-state index < -0.39 is 10.0 Å². The summed E-state index contributed by atoms with van der Waals surface area (Å²) in [6.07, 6.45) is 5.10. The second kappa shape index (κ2) is 8.69. The van der Waals surface area contributed by atoms with Crippen LogP contribution in [0.2, 0.25) is 0 Å². The van der Waals surface area contributed by atoms with Gasteiger partial charge in [-0.15, -0.1) is 0 Å². The average Bonchev–Trinajstić information content (AvgIpc) is 3.29. The van der Waals surface area contributed by atoms with Crippen LogP contribution in [0.3, 0.4) is 0 Å². The normalized spacial score (nSPS) is 15.7. The highest BCUT2D eigenvalue weighted by Gasteiger charge is 2.31. The van der Waals surface area contributed by atoms with Gasteiger partial charge in [-0.25, -0.2) is 8.42 Å². The molecule has 1 saturated heterocycles. The summed E-state index contributed by atoms with van der Waals surface area (Å²) in [4.78, 5) is 13.0. The van der Waals surface area contributed by atoms with E-state index in [0.717, 1.165) is 16.8 Å². The number of carbonyl (C=O) groups is 1. The van der Waals surface area contributed by atoms with Gasteiger partial charge in [0.15, 0.2) is 0 Å². The predicted octanol–water partition coefficient (Wildman–Crippen LogP) is 3.68. The van der Waals surface area contributed by atoms with Crippen molar-refractivity contribution in [3.63, 3.8) is 0 Å². The van der Waals surface area contributed by atoms with E-state index in [4.69, 9.17) is 0 Å². The summed E-state index contributed by atoms with van der Waals surface area (Å²) in [5.74, 6) is -0.130. The van der Waals surface area contributed by atoms with Crippen molar-refractivity contribution in [3.8, 4) is 5.69 Å². The maximum Gasteiger partial charge on any atom is 0.251 e. The van der Waals surface area contributed by atoms with Crippen LogP contribution in [0.15, 0.2) is 71.9 Å². The molecule has 0 spiro atoms. The first-order valence-corrected chi connectivity index (χ1v) is 11.9. The smallest absolute Gasteiger partial charge is 0.251 e. The quantitative estimate of drug-likeness (QED) is 0.662. The number of benzene rings is 2. The summed E-state index contributed by atoms with van der Waals surface area (Å²) in [5.41, 5.74) is 3.39. The van der Waals surface area contributed by atoms with Crippen LogP contribution in [0.4, 0.5) is 0 Å². The molecule has 7 heteroatoms. The van der Waals surface area contributed by atoms with Crippen molar-refractivity contribution in [2.24, 2.45) is 0 Å². The molecule has 1 aliphatic rings. The zero-order valence-corrected chi connectivity index (χ0v) is 18.6. The average molecular weight is 438 g/mol. The van der Waals surface area contributed by atoms with Crippen LogP contribution in [-0.2, 0) is 10.0 Å². The topological polar surface area (TPSA) is 71.4 Å². The molecule has 31 heavy (non-hydrogen) atoms. The van der Waals surface area contributed by atoms with E-state index in [2.05, 4.69) is 5.32 Å². The molecule has 0 unspecified atom stereocenters. The number of carbonyl (C=O) groups excluding carboxylic acids is 1. The fourth-order valence-electron chi connectivity index (χ4n) is 4.03. The maximum atomic E-state index is 13.0. The minimum absolute atomic E-state index is 0.0396. The van der Waals surface area contributed by atoms with E-state index in [-0.39, 0.29) is 11.9 Å². The minimum atomic E-state index is -3.52. The van der Waals surface area contributed by atoms with E-state index in [1.54, 1.807) is 6.07 Å². The van der Waals surface area contributed by atoms with Crippen molar-refractivity contribution in [1.29, 1.82) is 0 Å². The predicted molar refractivity (Wildman–Crippen MR) is 121 cm³/mol. The second-order valence-corrected chi connectivity index (χ2v) is 9.96. The first kappa shape index (κ1) is 21.3. The van der Waals surface area contributed by atoms with Gasteiger partial charge in [0.2, 0.25) is 10.0 Å². The lowest BCUT2D eigenvalue weighted by atomic mass is 10.1. The van der Waals surface area contributed by atoms with Crippen molar-refractivity contribution in [2.75, 3.05) is 13.1 Å². The molecular formula is C24H27N3O3S. The Balaban J connectivity index is 1.36. The van der Waals surface area contributed by atoms with Gasteiger partial charge in [-0.05, 0) is 74.7 Å². The van der Waals surface area contributed by atoms with Crippen LogP contribution in [0.5, 0.6) is 0 Å². The molecule has 1 fully saturated rings. The molecule has 1 aliphatic heterocycles. The molecule has 0 radical (unpaired) electrons. The standard InChI is InChI=1S/C24H27N3O3S/c1-18-5-10-23(19(2)17-18)31(29,30)27-15-11-21(12-16-27)25-24(28)20-6-8-22(9-7-20)26-13-3-4-14-26/h3-10,13-14,17,21H,11-12,15-16H2,1-2H3,(H,25,28). The summed E-state index contributed by atoms with van der Waals surface area (Å²) in [6, 6.07) is 16.7. The highest BCUT2D eigenvalue weighted by molar-refractivity contribution is 7.89. The van der Waals surface area contributed by atoms with Crippen LogP contribution in [0.1, 0.15) is 34.3 Å². The van der Waals surface area contributed by atoms with Gasteiger partial charge >= 0.3 is 0 Å². The van der Waals surface area contributed by atoms with Crippen molar-refractivity contribution >= 4 is 15.9 Å². The number of hydrogen-bond acceptors (Lipinski definition) is 3. The van der Waals surface area contributed by atoms with E-state index in [0.29, 0.717) is 36.4 Å². The summed E-state index contributed by atoms with van der Waals surface area (Å²) >= 11 is 0. The third kappa shape index (κ3) is 4.57. The highest BCUT2D eigenvalue weighted by Crippen LogP contribution is 2.24. The van der Waals surface area contributed by atoms with Gasteiger partial charge in [0.25, 0.3) is 5.91 Å². The molecule has 0 aliphatic carbocycles. The lowest BCUT2D eigenvalue weighted by molar-refractivity contribution is 0.0924.